The van der Waals surface area contributed by atoms with E-state index in [1.165, 1.54) is 15.8 Å². The SMILES string of the molecule is O=CN(Cc1ccccc1)c1c[nH]nc1-c1nc(N[C@@H]2CCOC2)c2ncn(C3O[C@H](CO)[C@@H](O)C3O)c2n1. The second-order valence-corrected chi connectivity index (χ2v) is 9.49. The van der Waals surface area contributed by atoms with Crippen molar-refractivity contribution in [2.45, 2.75) is 43.5 Å². The smallest absolute Gasteiger partial charge is 0.214 e. The van der Waals surface area contributed by atoms with Crippen molar-refractivity contribution in [2.75, 3.05) is 30.0 Å². The number of H-pyrrole nitrogens is 1. The van der Waals surface area contributed by atoms with E-state index in [4.69, 9.17) is 19.4 Å². The fraction of sp³-hybridized carbons (Fsp3) is 0.400. The van der Waals surface area contributed by atoms with Crippen LogP contribution >= 0.6 is 0 Å². The first-order valence-electron chi connectivity index (χ1n) is 12.6. The lowest BCUT2D eigenvalue weighted by molar-refractivity contribution is -0.107. The van der Waals surface area contributed by atoms with Gasteiger partial charge >= 0.3 is 0 Å². The fourth-order valence-electron chi connectivity index (χ4n) is 4.89. The number of amides is 1. The molecule has 5 N–H and O–H groups in total. The summed E-state index contributed by atoms with van der Waals surface area (Å²) in [5.41, 5.74) is 2.46. The molecule has 2 aliphatic heterocycles. The molecule has 14 heteroatoms. The molecule has 2 aliphatic rings. The third kappa shape index (κ3) is 4.72. The van der Waals surface area contributed by atoms with Gasteiger partial charge in [-0.2, -0.15) is 5.10 Å². The van der Waals surface area contributed by atoms with Crippen molar-refractivity contribution in [1.82, 2.24) is 29.7 Å². The summed E-state index contributed by atoms with van der Waals surface area (Å²) in [6.45, 7) is 0.965. The first kappa shape index (κ1) is 25.3. The number of aromatic amines is 1. The molecule has 2 saturated heterocycles. The molecule has 6 rings (SSSR count). The fourth-order valence-corrected chi connectivity index (χ4v) is 4.89. The maximum atomic E-state index is 12.1. The van der Waals surface area contributed by atoms with E-state index in [0.29, 0.717) is 48.1 Å². The second-order valence-electron chi connectivity index (χ2n) is 9.49. The van der Waals surface area contributed by atoms with E-state index in [-0.39, 0.29) is 11.9 Å². The Balaban J connectivity index is 1.43. The predicted octanol–water partition coefficient (Wildman–Crippen LogP) is 0.192. The van der Waals surface area contributed by atoms with Crippen LogP contribution in [-0.4, -0.2) is 95.6 Å². The number of hydrogen-bond donors (Lipinski definition) is 5. The number of hydrogen-bond acceptors (Lipinski definition) is 11. The maximum absolute atomic E-state index is 12.1. The zero-order valence-electron chi connectivity index (χ0n) is 20.8. The van der Waals surface area contributed by atoms with Crippen LogP contribution in [0.1, 0.15) is 18.2 Å². The number of carbonyl (C=O) groups is 1. The van der Waals surface area contributed by atoms with Gasteiger partial charge < -0.3 is 35.0 Å². The zero-order chi connectivity index (χ0) is 26.9. The Morgan fingerprint density at radius 3 is 2.77 bits per heavy atom. The Labute approximate surface area is 222 Å². The molecule has 39 heavy (non-hydrogen) atoms. The Bertz CT molecular complexity index is 1440. The monoisotopic (exact) mass is 536 g/mol. The highest BCUT2D eigenvalue weighted by molar-refractivity contribution is 5.88. The average molecular weight is 537 g/mol. The molecule has 204 valence electrons. The number of nitrogens with zero attached hydrogens (tertiary/aromatic N) is 6. The van der Waals surface area contributed by atoms with Crippen molar-refractivity contribution in [3.63, 3.8) is 0 Å². The van der Waals surface area contributed by atoms with Crippen LogP contribution in [0.2, 0.25) is 0 Å². The summed E-state index contributed by atoms with van der Waals surface area (Å²) in [6, 6.07) is 9.54. The van der Waals surface area contributed by atoms with Crippen LogP contribution in [0.3, 0.4) is 0 Å². The third-order valence-electron chi connectivity index (χ3n) is 6.95. The lowest BCUT2D eigenvalue weighted by Crippen LogP contribution is -2.33. The molecule has 0 aliphatic carbocycles. The highest BCUT2D eigenvalue weighted by Gasteiger charge is 2.44. The summed E-state index contributed by atoms with van der Waals surface area (Å²) < 4.78 is 12.7. The van der Waals surface area contributed by atoms with E-state index >= 15 is 0 Å². The zero-order valence-corrected chi connectivity index (χ0v) is 20.8. The molecule has 1 aromatic carbocycles. The molecule has 5 heterocycles. The molecule has 2 unspecified atom stereocenters. The van der Waals surface area contributed by atoms with Gasteiger partial charge in [-0.15, -0.1) is 0 Å². The van der Waals surface area contributed by atoms with E-state index in [2.05, 4.69) is 20.5 Å². The van der Waals surface area contributed by atoms with Crippen LogP contribution in [0.25, 0.3) is 22.7 Å². The van der Waals surface area contributed by atoms with Crippen LogP contribution < -0.4 is 10.2 Å². The van der Waals surface area contributed by atoms with Crippen molar-refractivity contribution in [3.8, 4) is 11.5 Å². The molecular weight excluding hydrogens is 508 g/mol. The molecule has 0 spiro atoms. The standard InChI is InChI=1S/C25H28N8O6/c34-10-17-20(36)21(37)25(39-17)33-12-26-19-23(28-15-6-7-38-11-15)29-22(30-24(19)33)18-16(8-27-31-18)32(13-35)9-14-4-2-1-3-5-14/h1-5,8,12-13,15,17,20-21,25,34,36-37H,6-7,9-11H2,(H,27,31)(H,28,29,30)/t15-,17-,20-,21?,25?/m1/s1. The van der Waals surface area contributed by atoms with Gasteiger partial charge in [-0.1, -0.05) is 30.3 Å². The minimum atomic E-state index is -1.32. The number of anilines is 2. The van der Waals surface area contributed by atoms with Gasteiger partial charge in [0.2, 0.25) is 6.41 Å². The van der Waals surface area contributed by atoms with Crippen molar-refractivity contribution in [2.24, 2.45) is 0 Å². The summed E-state index contributed by atoms with van der Waals surface area (Å²) in [7, 11) is 0. The first-order valence-corrected chi connectivity index (χ1v) is 12.6. The number of carbonyl (C=O) groups excluding carboxylic acids is 1. The number of aromatic nitrogens is 6. The van der Waals surface area contributed by atoms with E-state index in [1.807, 2.05) is 30.3 Å². The Kier molecular flexibility index (Phi) is 6.93. The maximum Gasteiger partial charge on any atom is 0.214 e. The van der Waals surface area contributed by atoms with Crippen molar-refractivity contribution in [1.29, 1.82) is 0 Å². The lowest BCUT2D eigenvalue weighted by Gasteiger charge is -2.19. The molecule has 2 fully saturated rings. The van der Waals surface area contributed by atoms with Gasteiger partial charge in [0.25, 0.3) is 0 Å². The lowest BCUT2D eigenvalue weighted by atomic mass is 10.1. The summed E-state index contributed by atoms with van der Waals surface area (Å²) in [5.74, 6) is 0.624. The van der Waals surface area contributed by atoms with Gasteiger partial charge in [0, 0.05) is 12.8 Å². The van der Waals surface area contributed by atoms with Crippen molar-refractivity contribution in [3.05, 3.63) is 48.4 Å². The first-order chi connectivity index (χ1) is 19.1. The number of fused-ring (bicyclic) bond motifs is 1. The molecule has 0 radical (unpaired) electrons. The molecular formula is C25H28N8O6. The van der Waals surface area contributed by atoms with Crippen molar-refractivity contribution >= 4 is 29.1 Å². The van der Waals surface area contributed by atoms with E-state index in [9.17, 15) is 20.1 Å². The van der Waals surface area contributed by atoms with Crippen LogP contribution in [0.15, 0.2) is 42.9 Å². The highest BCUT2D eigenvalue weighted by Crippen LogP contribution is 2.35. The normalized spacial score (nSPS) is 24.8. The van der Waals surface area contributed by atoms with Gasteiger partial charge in [0.15, 0.2) is 34.7 Å². The Morgan fingerprint density at radius 1 is 1.21 bits per heavy atom. The minimum Gasteiger partial charge on any atom is -0.394 e. The average Bonchev–Trinajstić information content (AvgIpc) is 3.76. The number of aliphatic hydroxyl groups is 3. The molecule has 0 bridgehead atoms. The molecule has 5 atom stereocenters. The van der Waals surface area contributed by atoms with Crippen LogP contribution in [0, 0.1) is 0 Å². The molecule has 4 aromatic rings. The quantitative estimate of drug-likeness (QED) is 0.184. The van der Waals surface area contributed by atoms with Gasteiger partial charge in [0.05, 0.1) is 37.8 Å². The van der Waals surface area contributed by atoms with E-state index in [1.54, 1.807) is 6.20 Å². The Morgan fingerprint density at radius 2 is 2.05 bits per heavy atom. The van der Waals surface area contributed by atoms with Gasteiger partial charge in [-0.05, 0) is 12.0 Å². The summed E-state index contributed by atoms with van der Waals surface area (Å²) in [6.07, 6.45) is -0.0815. The van der Waals surface area contributed by atoms with Gasteiger partial charge in [-0.25, -0.2) is 15.0 Å². The summed E-state index contributed by atoms with van der Waals surface area (Å²) in [4.78, 5) is 27.5. The van der Waals surface area contributed by atoms with Crippen LogP contribution in [0.4, 0.5) is 11.5 Å². The number of nitrogens with one attached hydrogen (secondary N) is 2. The number of aliphatic hydroxyl groups excluding tert-OH is 3. The van der Waals surface area contributed by atoms with Crippen LogP contribution in [-0.2, 0) is 20.8 Å². The van der Waals surface area contributed by atoms with Gasteiger partial charge in [0.1, 0.15) is 18.3 Å². The Hall–Kier alpha value is -3.95. The number of imidazole rings is 1. The summed E-state index contributed by atoms with van der Waals surface area (Å²) >= 11 is 0. The predicted molar refractivity (Wildman–Crippen MR) is 137 cm³/mol. The molecule has 0 saturated carbocycles. The van der Waals surface area contributed by atoms with E-state index in [0.717, 1.165) is 18.4 Å². The number of benzene rings is 1. The molecule has 3 aromatic heterocycles. The number of rotatable bonds is 9. The second kappa shape index (κ2) is 10.7. The third-order valence-corrected chi connectivity index (χ3v) is 6.95. The van der Waals surface area contributed by atoms with Crippen LogP contribution in [0.5, 0.6) is 0 Å². The van der Waals surface area contributed by atoms with E-state index < -0.39 is 31.1 Å². The van der Waals surface area contributed by atoms with Crippen molar-refractivity contribution < 1.29 is 29.6 Å². The van der Waals surface area contributed by atoms with Gasteiger partial charge in [-0.3, -0.25) is 14.5 Å². The summed E-state index contributed by atoms with van der Waals surface area (Å²) in [5, 5.41) is 41.1. The molecule has 14 nitrogen and oxygen atoms in total. The molecule has 1 amide bonds. The number of ether oxygens (including phenoxy) is 2. The highest BCUT2D eigenvalue weighted by atomic mass is 16.6. The minimum absolute atomic E-state index is 0.00165. The largest absolute Gasteiger partial charge is 0.394 e. The topological polar surface area (TPSA) is 184 Å².